The van der Waals surface area contributed by atoms with Gasteiger partial charge < -0.3 is 14.8 Å². The predicted octanol–water partition coefficient (Wildman–Crippen LogP) is 2.69. The molecule has 1 atom stereocenters. The standard InChI is InChI=1S/C22H31N5O2/c1-5-18(21(28)23-13-10-14-26(6-2)7-3)27-19-12-9-8-11-16(19)17-15-24-25(4)22(29)20(17)27/h8-9,11-12,15,18H,5-7,10,13-14H2,1-4H3,(H,23,28)/t18-/m1/s1. The van der Waals surface area contributed by atoms with Gasteiger partial charge in [0.2, 0.25) is 5.91 Å². The van der Waals surface area contributed by atoms with Crippen molar-refractivity contribution in [2.75, 3.05) is 26.2 Å². The summed E-state index contributed by atoms with van der Waals surface area (Å²) >= 11 is 0. The minimum Gasteiger partial charge on any atom is -0.354 e. The van der Waals surface area contributed by atoms with Gasteiger partial charge in [0.25, 0.3) is 5.56 Å². The van der Waals surface area contributed by atoms with Crippen molar-refractivity contribution in [2.24, 2.45) is 7.05 Å². The molecule has 0 radical (unpaired) electrons. The fraction of sp³-hybridized carbons (Fsp3) is 0.500. The lowest BCUT2D eigenvalue weighted by atomic mass is 10.2. The molecule has 0 saturated carbocycles. The van der Waals surface area contributed by atoms with E-state index in [-0.39, 0.29) is 11.5 Å². The molecule has 7 heteroatoms. The molecule has 3 aromatic rings. The molecule has 0 aliphatic heterocycles. The van der Waals surface area contributed by atoms with E-state index in [0.29, 0.717) is 18.5 Å². The number of nitrogens with zero attached hydrogens (tertiary/aromatic N) is 4. The van der Waals surface area contributed by atoms with Crippen LogP contribution in [0, 0.1) is 0 Å². The zero-order valence-electron chi connectivity index (χ0n) is 17.8. The van der Waals surface area contributed by atoms with Crippen molar-refractivity contribution < 1.29 is 4.79 Å². The molecule has 1 N–H and O–H groups in total. The zero-order chi connectivity index (χ0) is 21.0. The molecule has 3 rings (SSSR count). The summed E-state index contributed by atoms with van der Waals surface area (Å²) in [6.07, 6.45) is 3.22. The van der Waals surface area contributed by atoms with E-state index in [1.807, 2.05) is 35.8 Å². The average Bonchev–Trinajstić information content (AvgIpc) is 3.06. The fourth-order valence-corrected chi connectivity index (χ4v) is 3.97. The van der Waals surface area contributed by atoms with Crippen LogP contribution in [0.4, 0.5) is 0 Å². The van der Waals surface area contributed by atoms with Crippen molar-refractivity contribution in [3.05, 3.63) is 40.8 Å². The number of para-hydroxylation sites is 1. The highest BCUT2D eigenvalue weighted by atomic mass is 16.2. The second-order valence-corrected chi connectivity index (χ2v) is 7.32. The fourth-order valence-electron chi connectivity index (χ4n) is 3.97. The van der Waals surface area contributed by atoms with Crippen molar-refractivity contribution in [3.63, 3.8) is 0 Å². The van der Waals surface area contributed by atoms with Gasteiger partial charge in [0.05, 0.1) is 11.7 Å². The third kappa shape index (κ3) is 4.05. The van der Waals surface area contributed by atoms with Gasteiger partial charge in [-0.05, 0) is 38.5 Å². The first-order valence-corrected chi connectivity index (χ1v) is 10.5. The number of hydrogen-bond donors (Lipinski definition) is 1. The van der Waals surface area contributed by atoms with Crippen LogP contribution in [-0.2, 0) is 11.8 Å². The summed E-state index contributed by atoms with van der Waals surface area (Å²) in [5.74, 6) is -0.0476. The Bertz CT molecular complexity index is 1050. The molecule has 7 nitrogen and oxygen atoms in total. The van der Waals surface area contributed by atoms with Gasteiger partial charge in [0, 0.05) is 24.4 Å². The molecule has 0 bridgehead atoms. The lowest BCUT2D eigenvalue weighted by Gasteiger charge is -2.21. The molecule has 29 heavy (non-hydrogen) atoms. The van der Waals surface area contributed by atoms with E-state index >= 15 is 0 Å². The Morgan fingerprint density at radius 2 is 1.90 bits per heavy atom. The van der Waals surface area contributed by atoms with Gasteiger partial charge in [-0.1, -0.05) is 39.0 Å². The van der Waals surface area contributed by atoms with Crippen LogP contribution >= 0.6 is 0 Å². The average molecular weight is 398 g/mol. The third-order valence-corrected chi connectivity index (χ3v) is 5.65. The third-order valence-electron chi connectivity index (χ3n) is 5.65. The molecule has 0 fully saturated rings. The first-order valence-electron chi connectivity index (χ1n) is 10.5. The van der Waals surface area contributed by atoms with Gasteiger partial charge in [-0.2, -0.15) is 5.10 Å². The molecule has 0 unspecified atom stereocenters. The van der Waals surface area contributed by atoms with Crippen molar-refractivity contribution in [3.8, 4) is 0 Å². The maximum absolute atomic E-state index is 13.1. The number of aromatic nitrogens is 3. The summed E-state index contributed by atoms with van der Waals surface area (Å²) in [5, 5.41) is 8.99. The maximum atomic E-state index is 13.1. The molecule has 0 aliphatic rings. The Morgan fingerprint density at radius 3 is 2.59 bits per heavy atom. The Hall–Kier alpha value is -2.67. The topological polar surface area (TPSA) is 72.2 Å². The molecule has 2 aromatic heterocycles. The number of amides is 1. The summed E-state index contributed by atoms with van der Waals surface area (Å²) in [7, 11) is 1.64. The lowest BCUT2D eigenvalue weighted by Crippen LogP contribution is -2.35. The Labute approximate surface area is 171 Å². The number of carbonyl (C=O) groups excluding carboxylic acids is 1. The van der Waals surface area contributed by atoms with Crippen LogP contribution in [0.5, 0.6) is 0 Å². The van der Waals surface area contributed by atoms with E-state index in [4.69, 9.17) is 0 Å². The monoisotopic (exact) mass is 397 g/mol. The van der Waals surface area contributed by atoms with Gasteiger partial charge in [-0.25, -0.2) is 4.68 Å². The Morgan fingerprint density at radius 1 is 1.17 bits per heavy atom. The number of fused-ring (bicyclic) bond motifs is 3. The van der Waals surface area contributed by atoms with Crippen LogP contribution in [-0.4, -0.2) is 51.3 Å². The summed E-state index contributed by atoms with van der Waals surface area (Å²) in [4.78, 5) is 28.3. The second kappa shape index (κ2) is 9.22. The highest BCUT2D eigenvalue weighted by Crippen LogP contribution is 2.30. The molecular formula is C22H31N5O2. The minimum atomic E-state index is -0.444. The number of carbonyl (C=O) groups is 1. The largest absolute Gasteiger partial charge is 0.354 e. The number of benzene rings is 1. The predicted molar refractivity (Wildman–Crippen MR) is 117 cm³/mol. The van der Waals surface area contributed by atoms with E-state index in [2.05, 4.69) is 29.2 Å². The van der Waals surface area contributed by atoms with Crippen molar-refractivity contribution >= 4 is 27.7 Å². The number of hydrogen-bond acceptors (Lipinski definition) is 4. The first kappa shape index (κ1) is 21.0. The molecule has 1 amide bonds. The lowest BCUT2D eigenvalue weighted by molar-refractivity contribution is -0.124. The van der Waals surface area contributed by atoms with E-state index in [0.717, 1.165) is 42.3 Å². The minimum absolute atomic E-state index is 0.0476. The van der Waals surface area contributed by atoms with Gasteiger partial charge in [0.1, 0.15) is 11.6 Å². The second-order valence-electron chi connectivity index (χ2n) is 7.32. The summed E-state index contributed by atoms with van der Waals surface area (Å²) in [6.45, 7) is 9.89. The SMILES string of the molecule is CC[C@H](C(=O)NCCCN(CC)CC)n1c2ccccc2c2cnn(C)c(=O)c21. The van der Waals surface area contributed by atoms with Crippen LogP contribution in [0.1, 0.15) is 39.7 Å². The summed E-state index contributed by atoms with van der Waals surface area (Å²) in [6, 6.07) is 7.37. The highest BCUT2D eigenvalue weighted by Gasteiger charge is 2.25. The smallest absolute Gasteiger partial charge is 0.291 e. The molecule has 0 saturated heterocycles. The van der Waals surface area contributed by atoms with Crippen LogP contribution in [0.3, 0.4) is 0 Å². The van der Waals surface area contributed by atoms with Crippen molar-refractivity contribution in [1.29, 1.82) is 0 Å². The quantitative estimate of drug-likeness (QED) is 0.564. The van der Waals surface area contributed by atoms with Gasteiger partial charge in [-0.3, -0.25) is 9.59 Å². The van der Waals surface area contributed by atoms with Crippen molar-refractivity contribution in [1.82, 2.24) is 24.6 Å². The van der Waals surface area contributed by atoms with Gasteiger partial charge in [-0.15, -0.1) is 0 Å². The molecule has 156 valence electrons. The van der Waals surface area contributed by atoms with Crippen LogP contribution in [0.2, 0.25) is 0 Å². The first-order chi connectivity index (χ1) is 14.0. The molecule has 1 aromatic carbocycles. The summed E-state index contributed by atoms with van der Waals surface area (Å²) < 4.78 is 3.22. The van der Waals surface area contributed by atoms with Gasteiger partial charge >= 0.3 is 0 Å². The van der Waals surface area contributed by atoms with E-state index < -0.39 is 6.04 Å². The molecular weight excluding hydrogens is 366 g/mol. The zero-order valence-corrected chi connectivity index (χ0v) is 17.8. The highest BCUT2D eigenvalue weighted by molar-refractivity contribution is 6.08. The Balaban J connectivity index is 1.93. The van der Waals surface area contributed by atoms with Crippen LogP contribution in [0.25, 0.3) is 21.8 Å². The van der Waals surface area contributed by atoms with Gasteiger partial charge in [0.15, 0.2) is 0 Å². The number of rotatable bonds is 9. The maximum Gasteiger partial charge on any atom is 0.291 e. The van der Waals surface area contributed by atoms with Crippen molar-refractivity contribution in [2.45, 2.75) is 39.7 Å². The number of nitrogens with one attached hydrogen (secondary N) is 1. The van der Waals surface area contributed by atoms with Crippen LogP contribution < -0.4 is 10.9 Å². The molecule has 0 spiro atoms. The van der Waals surface area contributed by atoms with Crippen LogP contribution in [0.15, 0.2) is 35.3 Å². The molecule has 0 aliphatic carbocycles. The molecule has 2 heterocycles. The van der Waals surface area contributed by atoms with E-state index in [1.54, 1.807) is 13.2 Å². The van der Waals surface area contributed by atoms with E-state index in [9.17, 15) is 9.59 Å². The Kier molecular flexibility index (Phi) is 6.69. The normalized spacial score (nSPS) is 12.7. The summed E-state index contributed by atoms with van der Waals surface area (Å²) in [5.41, 5.74) is 1.23. The number of aryl methyl sites for hydroxylation is 1. The van der Waals surface area contributed by atoms with E-state index in [1.165, 1.54) is 4.68 Å².